The van der Waals surface area contributed by atoms with Crippen molar-refractivity contribution in [2.45, 2.75) is 13.3 Å². The van der Waals surface area contributed by atoms with Crippen LogP contribution in [0.5, 0.6) is 0 Å². The zero-order valence-corrected chi connectivity index (χ0v) is 6.45. The first kappa shape index (κ1) is 6.81. The van der Waals surface area contributed by atoms with Crippen molar-refractivity contribution in [1.82, 2.24) is 0 Å². The summed E-state index contributed by atoms with van der Waals surface area (Å²) in [6, 6.07) is 4.24. The molecule has 0 aliphatic heterocycles. The van der Waals surface area contributed by atoms with Crippen molar-refractivity contribution in [3.05, 3.63) is 29.3 Å². The lowest BCUT2D eigenvalue weighted by Gasteiger charge is -1.98. The van der Waals surface area contributed by atoms with Crippen molar-refractivity contribution in [2.24, 2.45) is 5.92 Å². The average molecular weight is 139 g/mol. The minimum atomic E-state index is 0.545. The first-order chi connectivity index (χ1) is 4.29. The molecular formula is C8H11S. The maximum absolute atomic E-state index is 3.92. The van der Waals surface area contributed by atoms with Gasteiger partial charge in [-0.3, -0.25) is 0 Å². The van der Waals surface area contributed by atoms with Gasteiger partial charge in [-0.25, -0.2) is 0 Å². The number of thiophene rings is 1. The third kappa shape index (κ3) is 2.19. The van der Waals surface area contributed by atoms with Gasteiger partial charge in [0.2, 0.25) is 0 Å². The van der Waals surface area contributed by atoms with E-state index in [1.807, 2.05) is 11.3 Å². The van der Waals surface area contributed by atoms with Crippen molar-refractivity contribution in [2.75, 3.05) is 0 Å². The van der Waals surface area contributed by atoms with Gasteiger partial charge in [-0.1, -0.05) is 19.9 Å². The summed E-state index contributed by atoms with van der Waals surface area (Å²) in [5, 5.41) is 2.11. The second kappa shape index (κ2) is 3.02. The van der Waals surface area contributed by atoms with E-state index in [0.717, 1.165) is 6.42 Å². The molecule has 9 heavy (non-hydrogen) atoms. The largest absolute Gasteiger partial charge is 0.149 e. The zero-order chi connectivity index (χ0) is 6.69. The molecule has 0 aliphatic carbocycles. The molecule has 1 atom stereocenters. The van der Waals surface area contributed by atoms with Crippen LogP contribution >= 0.6 is 11.3 Å². The van der Waals surface area contributed by atoms with E-state index in [4.69, 9.17) is 0 Å². The zero-order valence-electron chi connectivity index (χ0n) is 5.63. The highest BCUT2D eigenvalue weighted by atomic mass is 32.1. The molecule has 1 rings (SSSR count). The van der Waals surface area contributed by atoms with Crippen LogP contribution in [-0.4, -0.2) is 0 Å². The topological polar surface area (TPSA) is 0 Å². The van der Waals surface area contributed by atoms with Crippen LogP contribution in [0.2, 0.25) is 0 Å². The molecule has 1 aromatic rings. The van der Waals surface area contributed by atoms with E-state index in [9.17, 15) is 0 Å². The van der Waals surface area contributed by atoms with Gasteiger partial charge in [-0.15, -0.1) is 11.3 Å². The first-order valence-corrected chi connectivity index (χ1v) is 4.02. The Kier molecular flexibility index (Phi) is 2.29. The van der Waals surface area contributed by atoms with E-state index < -0.39 is 0 Å². The molecule has 0 aliphatic rings. The van der Waals surface area contributed by atoms with Crippen LogP contribution in [0.15, 0.2) is 17.5 Å². The van der Waals surface area contributed by atoms with Crippen molar-refractivity contribution >= 4 is 11.3 Å². The summed E-state index contributed by atoms with van der Waals surface area (Å²) in [4.78, 5) is 1.44. The van der Waals surface area contributed by atoms with Crippen LogP contribution in [0.3, 0.4) is 0 Å². The van der Waals surface area contributed by atoms with Gasteiger partial charge in [0, 0.05) is 4.88 Å². The van der Waals surface area contributed by atoms with Gasteiger partial charge in [0.25, 0.3) is 0 Å². The maximum atomic E-state index is 3.92. The van der Waals surface area contributed by atoms with Crippen molar-refractivity contribution in [3.8, 4) is 0 Å². The van der Waals surface area contributed by atoms with E-state index >= 15 is 0 Å². The van der Waals surface area contributed by atoms with Gasteiger partial charge < -0.3 is 0 Å². The van der Waals surface area contributed by atoms with Crippen molar-refractivity contribution < 1.29 is 0 Å². The Morgan fingerprint density at radius 1 is 1.78 bits per heavy atom. The summed E-state index contributed by atoms with van der Waals surface area (Å²) in [7, 11) is 0. The van der Waals surface area contributed by atoms with Crippen LogP contribution in [0.4, 0.5) is 0 Å². The number of rotatable bonds is 2. The fourth-order valence-corrected chi connectivity index (χ4v) is 1.64. The summed E-state index contributed by atoms with van der Waals surface area (Å²) in [6.07, 6.45) is 1.12. The third-order valence-corrected chi connectivity index (χ3v) is 2.03. The number of hydrogen-bond acceptors (Lipinski definition) is 1. The Bertz CT molecular complexity index is 151. The fraction of sp³-hybridized carbons (Fsp3) is 0.375. The standard InChI is InChI=1S/C8H11S/c1-7(2)6-8-4-3-5-9-8/h3-5,7H,1,6H2,2H3. The van der Waals surface area contributed by atoms with E-state index in [0.29, 0.717) is 5.92 Å². The quantitative estimate of drug-likeness (QED) is 0.591. The van der Waals surface area contributed by atoms with Crippen molar-refractivity contribution in [1.29, 1.82) is 0 Å². The predicted molar refractivity (Wildman–Crippen MR) is 42.5 cm³/mol. The Hall–Kier alpha value is -0.300. The SMILES string of the molecule is [CH2]C(C)Cc1cccs1. The molecule has 0 aromatic carbocycles. The first-order valence-electron chi connectivity index (χ1n) is 3.14. The van der Waals surface area contributed by atoms with Crippen LogP contribution in [0.25, 0.3) is 0 Å². The summed E-state index contributed by atoms with van der Waals surface area (Å²) < 4.78 is 0. The fourth-order valence-electron chi connectivity index (χ4n) is 0.772. The molecular weight excluding hydrogens is 128 g/mol. The third-order valence-electron chi connectivity index (χ3n) is 1.13. The molecule has 1 radical (unpaired) electrons. The second-order valence-corrected chi connectivity index (χ2v) is 3.42. The van der Waals surface area contributed by atoms with Gasteiger partial charge in [0.15, 0.2) is 0 Å². The molecule has 1 aromatic heterocycles. The van der Waals surface area contributed by atoms with E-state index in [1.165, 1.54) is 4.88 Å². The highest BCUT2D eigenvalue weighted by Crippen LogP contribution is 2.12. The smallest absolute Gasteiger partial charge is 0.00478 e. The Balaban J connectivity index is 2.48. The lowest BCUT2D eigenvalue weighted by molar-refractivity contribution is 0.728. The van der Waals surface area contributed by atoms with Gasteiger partial charge in [-0.2, -0.15) is 0 Å². The van der Waals surface area contributed by atoms with Crippen LogP contribution in [0, 0.1) is 12.8 Å². The maximum Gasteiger partial charge on any atom is 0.00478 e. The molecule has 0 fully saturated rings. The molecule has 1 heterocycles. The van der Waals surface area contributed by atoms with E-state index in [2.05, 4.69) is 31.4 Å². The molecule has 0 saturated carbocycles. The van der Waals surface area contributed by atoms with Gasteiger partial charge >= 0.3 is 0 Å². The summed E-state index contributed by atoms with van der Waals surface area (Å²) >= 11 is 1.81. The second-order valence-electron chi connectivity index (χ2n) is 2.39. The molecule has 0 amide bonds. The lowest BCUT2D eigenvalue weighted by atomic mass is 10.1. The molecule has 0 bridgehead atoms. The Labute approximate surface area is 60.5 Å². The normalized spacial score (nSPS) is 10.6. The monoisotopic (exact) mass is 139 g/mol. The van der Waals surface area contributed by atoms with Gasteiger partial charge in [0.05, 0.1) is 0 Å². The molecule has 1 unspecified atom stereocenters. The highest BCUT2D eigenvalue weighted by Gasteiger charge is 1.96. The van der Waals surface area contributed by atoms with Gasteiger partial charge in [0.1, 0.15) is 0 Å². The minimum absolute atomic E-state index is 0.545. The van der Waals surface area contributed by atoms with Crippen LogP contribution < -0.4 is 0 Å². The predicted octanol–water partition coefficient (Wildman–Crippen LogP) is 2.76. The van der Waals surface area contributed by atoms with Crippen LogP contribution in [-0.2, 0) is 6.42 Å². The minimum Gasteiger partial charge on any atom is -0.149 e. The summed E-state index contributed by atoms with van der Waals surface area (Å²) in [6.45, 7) is 6.06. The molecule has 1 heteroatoms. The Morgan fingerprint density at radius 3 is 3.00 bits per heavy atom. The lowest BCUT2D eigenvalue weighted by Crippen LogP contribution is -1.89. The molecule has 49 valence electrons. The van der Waals surface area contributed by atoms with Gasteiger partial charge in [-0.05, 0) is 23.8 Å². The number of hydrogen-bond donors (Lipinski definition) is 0. The van der Waals surface area contributed by atoms with Crippen molar-refractivity contribution in [3.63, 3.8) is 0 Å². The van der Waals surface area contributed by atoms with Crippen LogP contribution in [0.1, 0.15) is 11.8 Å². The van der Waals surface area contributed by atoms with E-state index in [1.54, 1.807) is 0 Å². The van der Waals surface area contributed by atoms with E-state index in [-0.39, 0.29) is 0 Å². The molecule has 0 N–H and O–H groups in total. The summed E-state index contributed by atoms with van der Waals surface area (Å²) in [5.74, 6) is 0.545. The summed E-state index contributed by atoms with van der Waals surface area (Å²) in [5.41, 5.74) is 0. The molecule has 0 spiro atoms. The average Bonchev–Trinajstić information content (AvgIpc) is 2.15. The highest BCUT2D eigenvalue weighted by molar-refractivity contribution is 7.09. The molecule has 0 saturated heterocycles. The molecule has 0 nitrogen and oxygen atoms in total. The Morgan fingerprint density at radius 2 is 2.56 bits per heavy atom.